The van der Waals surface area contributed by atoms with Crippen LogP contribution in [0, 0.1) is 13.8 Å². The number of aromatic nitrogens is 3. The summed E-state index contributed by atoms with van der Waals surface area (Å²) in [5.74, 6) is 0.734. The van der Waals surface area contributed by atoms with E-state index < -0.39 is 0 Å². The Bertz CT molecular complexity index is 980. The van der Waals surface area contributed by atoms with Crippen LogP contribution in [0.1, 0.15) is 53.0 Å². The minimum absolute atomic E-state index is 0.128. The van der Waals surface area contributed by atoms with Crippen LogP contribution in [-0.4, -0.2) is 20.8 Å². The summed E-state index contributed by atoms with van der Waals surface area (Å²) < 4.78 is 12.9. The van der Waals surface area contributed by atoms with E-state index in [1.54, 1.807) is 25.3 Å². The molecule has 2 aromatic heterocycles. The van der Waals surface area contributed by atoms with Crippen LogP contribution in [0.15, 0.2) is 35.0 Å². The van der Waals surface area contributed by atoms with Crippen LogP contribution in [0.3, 0.4) is 0 Å². The van der Waals surface area contributed by atoms with Crippen molar-refractivity contribution < 1.29 is 14.1 Å². The van der Waals surface area contributed by atoms with Crippen molar-refractivity contribution in [3.05, 3.63) is 63.8 Å². The molecule has 0 aliphatic rings. The fourth-order valence-corrected chi connectivity index (χ4v) is 3.19. The number of ether oxygens (including phenoxy) is 1. The minimum atomic E-state index is -0.328. The van der Waals surface area contributed by atoms with Crippen molar-refractivity contribution in [1.29, 1.82) is 0 Å². The second kappa shape index (κ2) is 8.48. The normalized spacial score (nSPS) is 12.0. The molecule has 1 unspecified atom stereocenters. The molecule has 0 bridgehead atoms. The second-order valence-electron chi connectivity index (χ2n) is 6.48. The van der Waals surface area contributed by atoms with Crippen molar-refractivity contribution in [3.8, 4) is 5.75 Å². The number of benzene rings is 1. The quantitative estimate of drug-likeness (QED) is 0.639. The molecule has 148 valence electrons. The molecule has 28 heavy (non-hydrogen) atoms. The third-order valence-corrected chi connectivity index (χ3v) is 4.98. The Balaban J connectivity index is 1.74. The lowest BCUT2D eigenvalue weighted by Gasteiger charge is -2.14. The predicted molar refractivity (Wildman–Crippen MR) is 106 cm³/mol. The molecule has 8 heteroatoms. The van der Waals surface area contributed by atoms with Gasteiger partial charge in [-0.1, -0.05) is 28.9 Å². The zero-order valence-corrected chi connectivity index (χ0v) is 17.1. The number of carbonyl (C=O) groups excluding carboxylic acids is 1. The van der Waals surface area contributed by atoms with Crippen molar-refractivity contribution in [2.75, 3.05) is 0 Å². The van der Waals surface area contributed by atoms with Crippen molar-refractivity contribution in [2.45, 2.75) is 46.9 Å². The SMILES string of the molecule is CCn1ncc(C(C)NC(=O)c2noc(C)c2COc2ccccc2Cl)c1C. The number of aryl methyl sites for hydroxylation is 2. The first-order chi connectivity index (χ1) is 13.4. The van der Waals surface area contributed by atoms with Gasteiger partial charge in [-0.05, 0) is 39.8 Å². The number of halogens is 1. The maximum absolute atomic E-state index is 12.8. The lowest BCUT2D eigenvalue weighted by atomic mass is 10.1. The van der Waals surface area contributed by atoms with Crippen LogP contribution in [0.5, 0.6) is 5.75 Å². The van der Waals surface area contributed by atoms with Gasteiger partial charge >= 0.3 is 0 Å². The highest BCUT2D eigenvalue weighted by molar-refractivity contribution is 6.32. The smallest absolute Gasteiger partial charge is 0.274 e. The van der Waals surface area contributed by atoms with Crippen molar-refractivity contribution in [3.63, 3.8) is 0 Å². The van der Waals surface area contributed by atoms with E-state index in [1.807, 2.05) is 37.6 Å². The Morgan fingerprint density at radius 3 is 2.79 bits per heavy atom. The molecule has 1 amide bonds. The number of rotatable bonds is 7. The molecule has 2 heterocycles. The molecular formula is C20H23ClN4O3. The predicted octanol–water partition coefficient (Wildman–Crippen LogP) is 4.23. The topological polar surface area (TPSA) is 82.2 Å². The zero-order valence-electron chi connectivity index (χ0n) is 16.3. The average molecular weight is 403 g/mol. The molecule has 0 saturated heterocycles. The van der Waals surface area contributed by atoms with Crippen LogP contribution < -0.4 is 10.1 Å². The van der Waals surface area contributed by atoms with Gasteiger partial charge in [-0.2, -0.15) is 5.10 Å². The van der Waals surface area contributed by atoms with Gasteiger partial charge in [-0.15, -0.1) is 0 Å². The number of para-hydroxylation sites is 1. The summed E-state index contributed by atoms with van der Waals surface area (Å²) in [5.41, 5.74) is 2.78. The Hall–Kier alpha value is -2.80. The lowest BCUT2D eigenvalue weighted by Crippen LogP contribution is -2.28. The van der Waals surface area contributed by atoms with Gasteiger partial charge in [0.1, 0.15) is 18.1 Å². The molecule has 0 saturated carbocycles. The van der Waals surface area contributed by atoms with Gasteiger partial charge in [-0.25, -0.2) is 0 Å². The maximum Gasteiger partial charge on any atom is 0.274 e. The summed E-state index contributed by atoms with van der Waals surface area (Å²) in [7, 11) is 0. The van der Waals surface area contributed by atoms with E-state index in [4.69, 9.17) is 20.9 Å². The van der Waals surface area contributed by atoms with E-state index in [9.17, 15) is 4.79 Å². The van der Waals surface area contributed by atoms with E-state index in [0.717, 1.165) is 17.8 Å². The fourth-order valence-electron chi connectivity index (χ4n) is 3.00. The molecule has 7 nitrogen and oxygen atoms in total. The first kappa shape index (κ1) is 19.9. The number of carbonyl (C=O) groups is 1. The van der Waals surface area contributed by atoms with E-state index >= 15 is 0 Å². The molecule has 1 aromatic carbocycles. The lowest BCUT2D eigenvalue weighted by molar-refractivity contribution is 0.0928. The first-order valence-electron chi connectivity index (χ1n) is 9.08. The van der Waals surface area contributed by atoms with Crippen molar-refractivity contribution in [1.82, 2.24) is 20.3 Å². The van der Waals surface area contributed by atoms with Gasteiger partial charge in [0, 0.05) is 17.8 Å². The summed E-state index contributed by atoms with van der Waals surface area (Å²) in [6.07, 6.45) is 1.78. The zero-order chi connectivity index (χ0) is 20.3. The average Bonchev–Trinajstić information content (AvgIpc) is 3.23. The number of hydrogen-bond acceptors (Lipinski definition) is 5. The van der Waals surface area contributed by atoms with E-state index in [1.165, 1.54) is 0 Å². The van der Waals surface area contributed by atoms with Gasteiger partial charge in [0.25, 0.3) is 5.91 Å². The highest BCUT2D eigenvalue weighted by Crippen LogP contribution is 2.25. The number of nitrogens with zero attached hydrogens (tertiary/aromatic N) is 3. The molecule has 0 radical (unpaired) electrons. The molecule has 1 N–H and O–H groups in total. The number of hydrogen-bond donors (Lipinski definition) is 1. The van der Waals surface area contributed by atoms with Crippen LogP contribution in [0.25, 0.3) is 0 Å². The van der Waals surface area contributed by atoms with Crippen molar-refractivity contribution >= 4 is 17.5 Å². The van der Waals surface area contributed by atoms with Gasteiger partial charge in [-0.3, -0.25) is 9.48 Å². The molecule has 0 spiro atoms. The van der Waals surface area contributed by atoms with Gasteiger partial charge in [0.2, 0.25) is 0 Å². The molecule has 1 atom stereocenters. The Morgan fingerprint density at radius 1 is 1.36 bits per heavy atom. The molecule has 0 aliphatic heterocycles. The number of amides is 1. The van der Waals surface area contributed by atoms with E-state index in [2.05, 4.69) is 15.6 Å². The maximum atomic E-state index is 12.8. The van der Waals surface area contributed by atoms with Crippen LogP contribution in [0.2, 0.25) is 5.02 Å². The van der Waals surface area contributed by atoms with Crippen LogP contribution in [-0.2, 0) is 13.2 Å². The Kier molecular flexibility index (Phi) is 6.04. The summed E-state index contributed by atoms with van der Waals surface area (Å²) in [6.45, 7) is 8.57. The molecule has 0 aliphatic carbocycles. The van der Waals surface area contributed by atoms with Gasteiger partial charge < -0.3 is 14.6 Å². The summed E-state index contributed by atoms with van der Waals surface area (Å²) >= 11 is 6.12. The standard InChI is InChI=1S/C20H23ClN4O3/c1-5-25-13(3)15(10-22-25)12(2)23-20(26)19-16(14(4)28-24-19)11-27-18-9-7-6-8-17(18)21/h6-10,12H,5,11H2,1-4H3,(H,23,26). The summed E-state index contributed by atoms with van der Waals surface area (Å²) in [4.78, 5) is 12.8. The van der Waals surface area contributed by atoms with E-state index in [0.29, 0.717) is 22.1 Å². The molecule has 0 fully saturated rings. The highest BCUT2D eigenvalue weighted by Gasteiger charge is 2.23. The second-order valence-corrected chi connectivity index (χ2v) is 6.89. The summed E-state index contributed by atoms with van der Waals surface area (Å²) in [5, 5.41) is 11.7. The monoisotopic (exact) mass is 402 g/mol. The Morgan fingerprint density at radius 2 is 2.11 bits per heavy atom. The van der Waals surface area contributed by atoms with Gasteiger partial charge in [0.05, 0.1) is 22.8 Å². The molecule has 3 aromatic rings. The fraction of sp³-hybridized carbons (Fsp3) is 0.350. The highest BCUT2D eigenvalue weighted by atomic mass is 35.5. The first-order valence-corrected chi connectivity index (χ1v) is 9.45. The third-order valence-electron chi connectivity index (χ3n) is 4.66. The number of nitrogens with one attached hydrogen (secondary N) is 1. The van der Waals surface area contributed by atoms with Crippen molar-refractivity contribution in [2.24, 2.45) is 0 Å². The van der Waals surface area contributed by atoms with Gasteiger partial charge in [0.15, 0.2) is 5.69 Å². The van der Waals surface area contributed by atoms with Crippen LogP contribution >= 0.6 is 11.6 Å². The minimum Gasteiger partial charge on any atom is -0.487 e. The molecule has 3 rings (SSSR count). The largest absolute Gasteiger partial charge is 0.487 e. The molecular weight excluding hydrogens is 380 g/mol. The summed E-state index contributed by atoms with van der Waals surface area (Å²) in [6, 6.07) is 6.94. The van der Waals surface area contributed by atoms with E-state index in [-0.39, 0.29) is 24.2 Å². The Labute approximate surface area is 168 Å². The van der Waals surface area contributed by atoms with Crippen LogP contribution in [0.4, 0.5) is 0 Å². The third kappa shape index (κ3) is 4.04.